The first-order chi connectivity index (χ1) is 8.70. The van der Waals surface area contributed by atoms with Crippen LogP contribution >= 0.6 is 23.2 Å². The largest absolute Gasteiger partial charge is 0.268 e. The lowest BCUT2D eigenvalue weighted by Gasteiger charge is -2.04. The molecule has 1 N–H and O–H groups in total. The smallest absolute Gasteiger partial charge is 0.264 e. The highest BCUT2D eigenvalue weighted by Gasteiger charge is 2.06. The van der Waals surface area contributed by atoms with Crippen molar-refractivity contribution in [3.63, 3.8) is 0 Å². The summed E-state index contributed by atoms with van der Waals surface area (Å²) >= 11 is 11.5. The van der Waals surface area contributed by atoms with E-state index in [1.165, 1.54) is 6.07 Å². The minimum absolute atomic E-state index is 0.197. The Hall–Kier alpha value is -1.58. The van der Waals surface area contributed by atoms with Crippen molar-refractivity contribution in [3.8, 4) is 11.3 Å². The van der Waals surface area contributed by atoms with Crippen LogP contribution in [0.25, 0.3) is 17.3 Å². The Morgan fingerprint density at radius 3 is 2.72 bits per heavy atom. The van der Waals surface area contributed by atoms with Crippen LogP contribution in [0.5, 0.6) is 0 Å². The van der Waals surface area contributed by atoms with Crippen molar-refractivity contribution in [3.05, 3.63) is 57.3 Å². The Kier molecular flexibility index (Phi) is 4.18. The lowest BCUT2D eigenvalue weighted by atomic mass is 10.1. The molecule has 1 heterocycles. The van der Waals surface area contributed by atoms with Gasteiger partial charge in [0.05, 0.1) is 11.6 Å². The van der Waals surface area contributed by atoms with E-state index in [9.17, 15) is 4.79 Å². The molecule has 0 spiro atoms. The number of hydrogen-bond acceptors (Lipinski definition) is 2. The number of rotatable bonds is 3. The molecule has 0 bridgehead atoms. The number of alkyl halides is 1. The second kappa shape index (κ2) is 5.85. The van der Waals surface area contributed by atoms with Crippen molar-refractivity contribution >= 4 is 29.3 Å². The minimum Gasteiger partial charge on any atom is -0.268 e. The third-order valence-electron chi connectivity index (χ3n) is 2.32. The fraction of sp³-hybridized carbons (Fsp3) is 0.0769. The molecular formula is C13H10Cl2N2O. The molecule has 0 aliphatic rings. The lowest BCUT2D eigenvalue weighted by Crippen LogP contribution is -2.08. The third-order valence-corrected chi connectivity index (χ3v) is 2.99. The Bertz CT molecular complexity index is 620. The molecule has 92 valence electrons. The molecule has 0 aliphatic heterocycles. The first kappa shape index (κ1) is 12.9. The molecule has 0 saturated carbocycles. The SMILES string of the molecule is O=c1cc(/C=C(\Cl)CCl)c(-c2ccccc2)n[nH]1. The van der Waals surface area contributed by atoms with E-state index >= 15 is 0 Å². The Morgan fingerprint density at radius 2 is 2.06 bits per heavy atom. The van der Waals surface area contributed by atoms with Crippen molar-refractivity contribution < 1.29 is 0 Å². The van der Waals surface area contributed by atoms with Crippen LogP contribution < -0.4 is 5.56 Å². The van der Waals surface area contributed by atoms with Gasteiger partial charge >= 0.3 is 0 Å². The van der Waals surface area contributed by atoms with Gasteiger partial charge in [0.25, 0.3) is 5.56 Å². The summed E-state index contributed by atoms with van der Waals surface area (Å²) in [5.41, 5.74) is 1.94. The third kappa shape index (κ3) is 3.00. The van der Waals surface area contributed by atoms with Gasteiger partial charge < -0.3 is 0 Å². The summed E-state index contributed by atoms with van der Waals surface area (Å²) < 4.78 is 0. The maximum Gasteiger partial charge on any atom is 0.264 e. The lowest BCUT2D eigenvalue weighted by molar-refractivity contribution is 0.991. The maximum absolute atomic E-state index is 11.3. The zero-order chi connectivity index (χ0) is 13.0. The summed E-state index contributed by atoms with van der Waals surface area (Å²) in [4.78, 5) is 11.3. The molecule has 3 nitrogen and oxygen atoms in total. The number of hydrogen-bond donors (Lipinski definition) is 1. The highest BCUT2D eigenvalue weighted by molar-refractivity contribution is 6.37. The molecule has 0 atom stereocenters. The van der Waals surface area contributed by atoms with Gasteiger partial charge in [0.1, 0.15) is 0 Å². The number of aromatic amines is 1. The average molecular weight is 281 g/mol. The van der Waals surface area contributed by atoms with Crippen LogP contribution in [-0.4, -0.2) is 16.1 Å². The molecule has 0 aliphatic carbocycles. The molecule has 0 amide bonds. The van der Waals surface area contributed by atoms with E-state index in [1.807, 2.05) is 30.3 Å². The summed E-state index contributed by atoms with van der Waals surface area (Å²) in [7, 11) is 0. The Morgan fingerprint density at radius 1 is 1.33 bits per heavy atom. The van der Waals surface area contributed by atoms with Crippen molar-refractivity contribution in [1.29, 1.82) is 0 Å². The summed E-state index contributed by atoms with van der Waals surface area (Å²) in [6.07, 6.45) is 1.65. The number of halogens is 2. The molecular weight excluding hydrogens is 271 g/mol. The quantitative estimate of drug-likeness (QED) is 0.878. The molecule has 1 aromatic heterocycles. The van der Waals surface area contributed by atoms with E-state index in [0.29, 0.717) is 16.3 Å². The molecule has 0 saturated heterocycles. The predicted octanol–water partition coefficient (Wildman–Crippen LogP) is 3.26. The van der Waals surface area contributed by atoms with Gasteiger partial charge in [0.15, 0.2) is 0 Å². The molecule has 1 aromatic carbocycles. The van der Waals surface area contributed by atoms with Gasteiger partial charge in [-0.1, -0.05) is 41.9 Å². The fourth-order valence-electron chi connectivity index (χ4n) is 1.56. The Labute approximate surface area is 114 Å². The average Bonchev–Trinajstić information content (AvgIpc) is 2.40. The molecule has 0 fully saturated rings. The number of nitrogens with zero attached hydrogens (tertiary/aromatic N) is 1. The molecule has 0 unspecified atom stereocenters. The van der Waals surface area contributed by atoms with E-state index in [0.717, 1.165) is 5.56 Å². The van der Waals surface area contributed by atoms with Gasteiger partial charge in [-0.05, 0) is 6.08 Å². The van der Waals surface area contributed by atoms with Crippen molar-refractivity contribution in [2.75, 3.05) is 5.88 Å². The van der Waals surface area contributed by atoms with Crippen LogP contribution in [0.2, 0.25) is 0 Å². The fourth-order valence-corrected chi connectivity index (χ4v) is 1.76. The van der Waals surface area contributed by atoms with E-state index < -0.39 is 0 Å². The summed E-state index contributed by atoms with van der Waals surface area (Å²) in [5.74, 6) is 0.197. The molecule has 2 rings (SSSR count). The number of nitrogens with one attached hydrogen (secondary N) is 1. The summed E-state index contributed by atoms with van der Waals surface area (Å²) in [6.45, 7) is 0. The second-order valence-electron chi connectivity index (χ2n) is 3.63. The van der Waals surface area contributed by atoms with Gasteiger partial charge in [-0.15, -0.1) is 11.6 Å². The first-order valence-electron chi connectivity index (χ1n) is 5.28. The predicted molar refractivity (Wildman–Crippen MR) is 74.8 cm³/mol. The first-order valence-corrected chi connectivity index (χ1v) is 6.19. The van der Waals surface area contributed by atoms with Crippen LogP contribution in [0, 0.1) is 0 Å². The van der Waals surface area contributed by atoms with E-state index in [2.05, 4.69) is 10.2 Å². The van der Waals surface area contributed by atoms with Crippen molar-refractivity contribution in [2.45, 2.75) is 0 Å². The standard InChI is InChI=1S/C13H10Cl2N2O/c14-8-11(15)6-10-7-12(18)16-17-13(10)9-4-2-1-3-5-9/h1-7H,8H2,(H,16,18)/b11-6-. The van der Waals surface area contributed by atoms with Gasteiger partial charge in [-0.3, -0.25) is 4.79 Å². The van der Waals surface area contributed by atoms with Crippen molar-refractivity contribution in [1.82, 2.24) is 10.2 Å². The minimum atomic E-state index is -0.278. The number of allylic oxidation sites excluding steroid dienone is 1. The van der Waals surface area contributed by atoms with E-state index in [1.54, 1.807) is 6.08 Å². The number of benzene rings is 1. The second-order valence-corrected chi connectivity index (χ2v) is 4.38. The highest BCUT2D eigenvalue weighted by Crippen LogP contribution is 2.22. The van der Waals surface area contributed by atoms with Crippen LogP contribution in [0.15, 0.2) is 46.2 Å². The van der Waals surface area contributed by atoms with Crippen LogP contribution in [0.1, 0.15) is 5.56 Å². The highest BCUT2D eigenvalue weighted by atomic mass is 35.5. The van der Waals surface area contributed by atoms with Gasteiger partial charge in [0.2, 0.25) is 0 Å². The maximum atomic E-state index is 11.3. The monoisotopic (exact) mass is 280 g/mol. The zero-order valence-corrected chi connectivity index (χ0v) is 10.9. The number of H-pyrrole nitrogens is 1. The normalized spacial score (nSPS) is 11.6. The van der Waals surface area contributed by atoms with Gasteiger partial charge in [-0.25, -0.2) is 5.10 Å². The van der Waals surface area contributed by atoms with Crippen LogP contribution in [-0.2, 0) is 0 Å². The summed E-state index contributed by atoms with van der Waals surface area (Å²) in [6, 6.07) is 11.0. The van der Waals surface area contributed by atoms with E-state index in [-0.39, 0.29) is 11.4 Å². The topological polar surface area (TPSA) is 45.8 Å². The molecule has 0 radical (unpaired) electrons. The summed E-state index contributed by atoms with van der Waals surface area (Å²) in [5, 5.41) is 6.93. The molecule has 18 heavy (non-hydrogen) atoms. The van der Waals surface area contributed by atoms with E-state index in [4.69, 9.17) is 23.2 Å². The van der Waals surface area contributed by atoms with Crippen molar-refractivity contribution in [2.24, 2.45) is 0 Å². The Balaban J connectivity index is 2.58. The van der Waals surface area contributed by atoms with Gasteiger partial charge in [0, 0.05) is 22.2 Å². The van der Waals surface area contributed by atoms with Gasteiger partial charge in [-0.2, -0.15) is 5.10 Å². The van der Waals surface area contributed by atoms with Crippen LogP contribution in [0.4, 0.5) is 0 Å². The van der Waals surface area contributed by atoms with Crippen LogP contribution in [0.3, 0.4) is 0 Å². The molecule has 2 aromatic rings. The zero-order valence-electron chi connectivity index (χ0n) is 9.36. The molecule has 5 heteroatoms. The number of aromatic nitrogens is 2.